The highest BCUT2D eigenvalue weighted by atomic mass is 16.4. The number of carboxylic acid groups (broad SMARTS) is 1. The number of nitrogens with zero attached hydrogens (tertiary/aromatic N) is 1. The fourth-order valence-electron chi connectivity index (χ4n) is 3.12. The molecule has 0 bridgehead atoms. The number of hydrogen-bond donors (Lipinski definition) is 3. The van der Waals surface area contributed by atoms with Crippen LogP contribution in [-0.2, 0) is 9.59 Å². The van der Waals surface area contributed by atoms with Crippen LogP contribution in [0.1, 0.15) is 38.5 Å². The SMILES string of the molecule is CNC(=O)C1CCCN(C(=O)NC2(CC(=O)O)CCC2)C1. The molecule has 0 aromatic rings. The van der Waals surface area contributed by atoms with Crippen LogP contribution in [0.3, 0.4) is 0 Å². The zero-order valence-electron chi connectivity index (χ0n) is 12.4. The third-order valence-corrected chi connectivity index (χ3v) is 4.50. The van der Waals surface area contributed by atoms with Gasteiger partial charge in [0.1, 0.15) is 0 Å². The minimum absolute atomic E-state index is 0.0363. The molecule has 21 heavy (non-hydrogen) atoms. The normalized spacial score (nSPS) is 23.9. The van der Waals surface area contributed by atoms with E-state index in [0.29, 0.717) is 25.9 Å². The lowest BCUT2D eigenvalue weighted by Crippen LogP contribution is -2.59. The molecular formula is C14H23N3O4. The van der Waals surface area contributed by atoms with Gasteiger partial charge in [-0.15, -0.1) is 0 Å². The Morgan fingerprint density at radius 2 is 2.00 bits per heavy atom. The zero-order valence-corrected chi connectivity index (χ0v) is 12.4. The Morgan fingerprint density at radius 3 is 2.52 bits per heavy atom. The molecular weight excluding hydrogens is 274 g/mol. The smallest absolute Gasteiger partial charge is 0.317 e. The van der Waals surface area contributed by atoms with E-state index in [2.05, 4.69) is 10.6 Å². The van der Waals surface area contributed by atoms with Gasteiger partial charge >= 0.3 is 12.0 Å². The number of rotatable bonds is 4. The highest BCUT2D eigenvalue weighted by Crippen LogP contribution is 2.35. The van der Waals surface area contributed by atoms with Gasteiger partial charge < -0.3 is 20.6 Å². The Balaban J connectivity index is 1.93. The molecule has 118 valence electrons. The van der Waals surface area contributed by atoms with E-state index in [9.17, 15) is 14.4 Å². The summed E-state index contributed by atoms with van der Waals surface area (Å²) in [4.78, 5) is 36.6. The van der Waals surface area contributed by atoms with Crippen molar-refractivity contribution in [2.75, 3.05) is 20.1 Å². The molecule has 2 aliphatic rings. The van der Waals surface area contributed by atoms with Gasteiger partial charge in [0, 0.05) is 20.1 Å². The summed E-state index contributed by atoms with van der Waals surface area (Å²) in [6.07, 6.45) is 3.89. The number of urea groups is 1. The van der Waals surface area contributed by atoms with E-state index >= 15 is 0 Å². The van der Waals surface area contributed by atoms with Crippen LogP contribution in [0, 0.1) is 5.92 Å². The molecule has 1 aliphatic carbocycles. The van der Waals surface area contributed by atoms with Crippen molar-refractivity contribution in [3.8, 4) is 0 Å². The van der Waals surface area contributed by atoms with Crippen molar-refractivity contribution in [2.24, 2.45) is 5.92 Å². The molecule has 2 rings (SSSR count). The molecule has 3 N–H and O–H groups in total. The topological polar surface area (TPSA) is 98.7 Å². The number of carbonyl (C=O) groups is 3. The van der Waals surface area contributed by atoms with E-state index in [-0.39, 0.29) is 24.3 Å². The summed E-state index contributed by atoms with van der Waals surface area (Å²) >= 11 is 0. The van der Waals surface area contributed by atoms with Gasteiger partial charge in [-0.2, -0.15) is 0 Å². The number of hydrogen-bond acceptors (Lipinski definition) is 3. The highest BCUT2D eigenvalue weighted by molar-refractivity contribution is 5.81. The first-order valence-electron chi connectivity index (χ1n) is 7.46. The van der Waals surface area contributed by atoms with E-state index < -0.39 is 11.5 Å². The van der Waals surface area contributed by atoms with Crippen molar-refractivity contribution >= 4 is 17.9 Å². The van der Waals surface area contributed by atoms with Gasteiger partial charge in [-0.3, -0.25) is 9.59 Å². The van der Waals surface area contributed by atoms with Gasteiger partial charge in [-0.05, 0) is 32.1 Å². The van der Waals surface area contributed by atoms with Gasteiger partial charge in [-0.25, -0.2) is 4.79 Å². The predicted octanol–water partition coefficient (Wildman–Crippen LogP) is 0.551. The molecule has 1 atom stereocenters. The summed E-state index contributed by atoms with van der Waals surface area (Å²) in [7, 11) is 1.59. The quantitative estimate of drug-likeness (QED) is 0.705. The summed E-state index contributed by atoms with van der Waals surface area (Å²) in [6.45, 7) is 1.01. The molecule has 1 saturated heterocycles. The number of likely N-dealkylation sites (tertiary alicyclic amines) is 1. The second-order valence-electron chi connectivity index (χ2n) is 6.03. The number of amides is 3. The summed E-state index contributed by atoms with van der Waals surface area (Å²) in [5.41, 5.74) is -0.594. The molecule has 0 radical (unpaired) electrons. The maximum absolute atomic E-state index is 12.3. The maximum atomic E-state index is 12.3. The van der Waals surface area contributed by atoms with Gasteiger partial charge in [0.25, 0.3) is 0 Å². The highest BCUT2D eigenvalue weighted by Gasteiger charge is 2.41. The Morgan fingerprint density at radius 1 is 1.29 bits per heavy atom. The van der Waals surface area contributed by atoms with Crippen LogP contribution < -0.4 is 10.6 Å². The lowest BCUT2D eigenvalue weighted by atomic mass is 9.74. The van der Waals surface area contributed by atoms with E-state index in [4.69, 9.17) is 5.11 Å². The van der Waals surface area contributed by atoms with Crippen molar-refractivity contribution in [3.63, 3.8) is 0 Å². The first-order valence-corrected chi connectivity index (χ1v) is 7.46. The van der Waals surface area contributed by atoms with E-state index in [1.807, 2.05) is 0 Å². The van der Waals surface area contributed by atoms with E-state index in [0.717, 1.165) is 19.3 Å². The zero-order chi connectivity index (χ0) is 15.5. The van der Waals surface area contributed by atoms with Crippen LogP contribution in [-0.4, -0.2) is 53.6 Å². The number of carbonyl (C=O) groups excluding carboxylic acids is 2. The maximum Gasteiger partial charge on any atom is 0.317 e. The minimum Gasteiger partial charge on any atom is -0.481 e. The summed E-state index contributed by atoms with van der Waals surface area (Å²) < 4.78 is 0. The molecule has 0 aromatic heterocycles. The lowest BCUT2D eigenvalue weighted by Gasteiger charge is -2.43. The standard InChI is InChI=1S/C14H23N3O4/c1-15-12(20)10-4-2-7-17(9-10)13(21)16-14(5-3-6-14)8-11(18)19/h10H,2-9H2,1H3,(H,15,20)(H,16,21)(H,18,19). The molecule has 1 heterocycles. The first kappa shape index (κ1) is 15.6. The molecule has 7 heteroatoms. The van der Waals surface area contributed by atoms with E-state index in [1.54, 1.807) is 11.9 Å². The van der Waals surface area contributed by atoms with Crippen molar-refractivity contribution in [2.45, 2.75) is 44.1 Å². The summed E-state index contributed by atoms with van der Waals surface area (Å²) in [6, 6.07) is -0.246. The van der Waals surface area contributed by atoms with Crippen LogP contribution in [0.25, 0.3) is 0 Å². The lowest BCUT2D eigenvalue weighted by molar-refractivity contribution is -0.139. The Kier molecular flexibility index (Phi) is 4.69. The average molecular weight is 297 g/mol. The molecule has 1 aliphatic heterocycles. The van der Waals surface area contributed by atoms with Gasteiger partial charge in [0.05, 0.1) is 17.9 Å². The predicted molar refractivity (Wildman–Crippen MR) is 75.7 cm³/mol. The van der Waals surface area contributed by atoms with Crippen molar-refractivity contribution in [1.82, 2.24) is 15.5 Å². The fourth-order valence-corrected chi connectivity index (χ4v) is 3.12. The molecule has 1 unspecified atom stereocenters. The Hall–Kier alpha value is -1.79. The molecule has 7 nitrogen and oxygen atoms in total. The molecule has 2 fully saturated rings. The molecule has 0 spiro atoms. The summed E-state index contributed by atoms with van der Waals surface area (Å²) in [5.74, 6) is -1.11. The molecule has 3 amide bonds. The van der Waals surface area contributed by atoms with Crippen LogP contribution in [0.5, 0.6) is 0 Å². The number of piperidine rings is 1. The largest absolute Gasteiger partial charge is 0.481 e. The second kappa shape index (κ2) is 6.32. The number of nitrogens with one attached hydrogen (secondary N) is 2. The van der Waals surface area contributed by atoms with E-state index in [1.165, 1.54) is 0 Å². The Labute approximate surface area is 124 Å². The monoisotopic (exact) mass is 297 g/mol. The van der Waals surface area contributed by atoms with Crippen molar-refractivity contribution in [1.29, 1.82) is 0 Å². The fraction of sp³-hybridized carbons (Fsp3) is 0.786. The summed E-state index contributed by atoms with van der Waals surface area (Å²) in [5, 5.41) is 14.5. The minimum atomic E-state index is -0.892. The van der Waals surface area contributed by atoms with Crippen LogP contribution in [0.2, 0.25) is 0 Å². The number of aliphatic carboxylic acids is 1. The first-order chi connectivity index (χ1) is 9.96. The van der Waals surface area contributed by atoms with Crippen LogP contribution in [0.15, 0.2) is 0 Å². The van der Waals surface area contributed by atoms with Gasteiger partial charge in [0.15, 0.2) is 0 Å². The number of carboxylic acids is 1. The third kappa shape index (κ3) is 3.65. The second-order valence-corrected chi connectivity index (χ2v) is 6.03. The van der Waals surface area contributed by atoms with Crippen molar-refractivity contribution in [3.05, 3.63) is 0 Å². The molecule has 1 saturated carbocycles. The van der Waals surface area contributed by atoms with Gasteiger partial charge in [-0.1, -0.05) is 0 Å². The van der Waals surface area contributed by atoms with Gasteiger partial charge in [0.2, 0.25) is 5.91 Å². The Bertz CT molecular complexity index is 434. The van der Waals surface area contributed by atoms with Crippen molar-refractivity contribution < 1.29 is 19.5 Å². The average Bonchev–Trinajstić information content (AvgIpc) is 2.43. The molecule has 0 aromatic carbocycles. The third-order valence-electron chi connectivity index (χ3n) is 4.50. The van der Waals surface area contributed by atoms with Crippen LogP contribution in [0.4, 0.5) is 4.79 Å². The van der Waals surface area contributed by atoms with Crippen LogP contribution >= 0.6 is 0 Å².